The van der Waals surface area contributed by atoms with Crippen LogP contribution < -0.4 is 5.73 Å². The third-order valence-electron chi connectivity index (χ3n) is 3.05. The van der Waals surface area contributed by atoms with Crippen LogP contribution in [0, 0.1) is 0 Å². The van der Waals surface area contributed by atoms with Crippen LogP contribution in [-0.2, 0) is 16.4 Å². The monoisotopic (exact) mass is 286 g/mol. The highest BCUT2D eigenvalue weighted by Gasteiger charge is 2.23. The lowest BCUT2D eigenvalue weighted by molar-refractivity contribution is 0.271. The van der Waals surface area contributed by atoms with Crippen molar-refractivity contribution in [3.05, 3.63) is 23.8 Å². The number of anilines is 1. The highest BCUT2D eigenvalue weighted by molar-refractivity contribution is 7.89. The van der Waals surface area contributed by atoms with E-state index in [9.17, 15) is 8.42 Å². The maximum Gasteiger partial charge on any atom is 0.243 e. The fourth-order valence-electron chi connectivity index (χ4n) is 1.90. The van der Waals surface area contributed by atoms with Gasteiger partial charge in [0.1, 0.15) is 0 Å². The van der Waals surface area contributed by atoms with Gasteiger partial charge in [0.15, 0.2) is 0 Å². The summed E-state index contributed by atoms with van der Waals surface area (Å²) >= 11 is 0. The van der Waals surface area contributed by atoms with Gasteiger partial charge >= 0.3 is 0 Å². The van der Waals surface area contributed by atoms with E-state index in [1.54, 1.807) is 19.1 Å². The second kappa shape index (κ2) is 6.88. The second-order valence-electron chi connectivity index (χ2n) is 4.29. The molecule has 0 radical (unpaired) electrons. The van der Waals surface area contributed by atoms with Crippen LogP contribution in [0.3, 0.4) is 0 Å². The summed E-state index contributed by atoms with van der Waals surface area (Å²) in [6.07, 6.45) is 1.20. The zero-order valence-electron chi connectivity index (χ0n) is 11.5. The molecule has 0 aromatic heterocycles. The Kier molecular flexibility index (Phi) is 5.78. The van der Waals surface area contributed by atoms with Crippen molar-refractivity contribution in [3.63, 3.8) is 0 Å². The van der Waals surface area contributed by atoms with Crippen LogP contribution in [0.4, 0.5) is 5.69 Å². The molecule has 1 rings (SSSR count). The van der Waals surface area contributed by atoms with Gasteiger partial charge in [-0.1, -0.05) is 19.9 Å². The van der Waals surface area contributed by atoms with Crippen molar-refractivity contribution in [2.45, 2.75) is 31.6 Å². The Bertz CT molecular complexity index is 515. The fourth-order valence-corrected chi connectivity index (χ4v) is 3.42. The van der Waals surface area contributed by atoms with E-state index in [4.69, 9.17) is 10.8 Å². The molecule has 0 saturated carbocycles. The van der Waals surface area contributed by atoms with Gasteiger partial charge in [-0.3, -0.25) is 0 Å². The van der Waals surface area contributed by atoms with Gasteiger partial charge in [0, 0.05) is 25.4 Å². The molecule has 19 heavy (non-hydrogen) atoms. The van der Waals surface area contributed by atoms with E-state index in [0.717, 1.165) is 12.0 Å². The minimum absolute atomic E-state index is 0.0249. The molecule has 108 valence electrons. The summed E-state index contributed by atoms with van der Waals surface area (Å²) in [5, 5.41) is 8.82. The van der Waals surface area contributed by atoms with Gasteiger partial charge in [-0.25, -0.2) is 8.42 Å². The molecule has 5 nitrogen and oxygen atoms in total. The number of nitrogens with two attached hydrogens (primary N) is 1. The molecule has 6 heteroatoms. The molecule has 0 aliphatic rings. The van der Waals surface area contributed by atoms with Crippen LogP contribution in [-0.4, -0.2) is 37.5 Å². The molecule has 0 amide bonds. The highest BCUT2D eigenvalue weighted by Crippen LogP contribution is 2.21. The summed E-state index contributed by atoms with van der Waals surface area (Å²) in [4.78, 5) is 0.210. The third-order valence-corrected chi connectivity index (χ3v) is 5.02. The topological polar surface area (TPSA) is 83.6 Å². The van der Waals surface area contributed by atoms with Gasteiger partial charge in [-0.15, -0.1) is 0 Å². The van der Waals surface area contributed by atoms with E-state index < -0.39 is 10.0 Å². The molecule has 0 aliphatic heterocycles. The summed E-state index contributed by atoms with van der Waals surface area (Å²) < 4.78 is 26.2. The molecular formula is C13H22N2O3S. The highest BCUT2D eigenvalue weighted by atomic mass is 32.2. The van der Waals surface area contributed by atoms with Gasteiger partial charge in [0.25, 0.3) is 0 Å². The summed E-state index contributed by atoms with van der Waals surface area (Å²) in [7, 11) is -3.53. The van der Waals surface area contributed by atoms with Crippen LogP contribution >= 0.6 is 0 Å². The zero-order chi connectivity index (χ0) is 14.5. The summed E-state index contributed by atoms with van der Waals surface area (Å²) in [5.41, 5.74) is 7.29. The number of nitrogens with zero attached hydrogens (tertiary/aromatic N) is 1. The second-order valence-corrected chi connectivity index (χ2v) is 6.23. The fraction of sp³-hybridized carbons (Fsp3) is 0.538. The van der Waals surface area contributed by atoms with Gasteiger partial charge in [0.05, 0.1) is 4.90 Å². The molecule has 0 unspecified atom stereocenters. The quantitative estimate of drug-likeness (QED) is 0.738. The normalized spacial score (nSPS) is 12.0. The van der Waals surface area contributed by atoms with E-state index in [-0.39, 0.29) is 11.5 Å². The summed E-state index contributed by atoms with van der Waals surface area (Å²) in [6.45, 7) is 4.41. The van der Waals surface area contributed by atoms with Crippen molar-refractivity contribution in [3.8, 4) is 0 Å². The first-order valence-electron chi connectivity index (χ1n) is 6.46. The molecule has 0 atom stereocenters. The SMILES string of the molecule is CCc1ccc(S(=O)(=O)N(CC)CCCO)cc1N. The number of nitrogen functional groups attached to an aromatic ring is 1. The molecule has 1 aromatic carbocycles. The van der Waals surface area contributed by atoms with Gasteiger partial charge in [-0.2, -0.15) is 4.31 Å². The van der Waals surface area contributed by atoms with Crippen LogP contribution in [0.25, 0.3) is 0 Å². The largest absolute Gasteiger partial charge is 0.398 e. The number of aryl methyl sites for hydroxylation is 1. The van der Waals surface area contributed by atoms with Crippen LogP contribution in [0.15, 0.2) is 23.1 Å². The van der Waals surface area contributed by atoms with Crippen molar-refractivity contribution in [1.82, 2.24) is 4.31 Å². The van der Waals surface area contributed by atoms with Crippen molar-refractivity contribution >= 4 is 15.7 Å². The summed E-state index contributed by atoms with van der Waals surface area (Å²) in [5.74, 6) is 0. The summed E-state index contributed by atoms with van der Waals surface area (Å²) in [6, 6.07) is 4.85. The van der Waals surface area contributed by atoms with E-state index in [0.29, 0.717) is 25.2 Å². The standard InChI is InChI=1S/C13H22N2O3S/c1-3-11-6-7-12(10-13(11)14)19(17,18)15(4-2)8-5-9-16/h6-7,10,16H,3-5,8-9,14H2,1-2H3. The van der Waals surface area contributed by atoms with Crippen LogP contribution in [0.5, 0.6) is 0 Å². The van der Waals surface area contributed by atoms with E-state index >= 15 is 0 Å². The number of benzene rings is 1. The molecule has 0 bridgehead atoms. The lowest BCUT2D eigenvalue weighted by atomic mass is 10.1. The Labute approximate surface area is 115 Å². The Morgan fingerprint density at radius 2 is 2.00 bits per heavy atom. The van der Waals surface area contributed by atoms with Crippen LogP contribution in [0.2, 0.25) is 0 Å². The minimum Gasteiger partial charge on any atom is -0.398 e. The Morgan fingerprint density at radius 3 is 2.47 bits per heavy atom. The molecule has 0 aliphatic carbocycles. The Balaban J connectivity index is 3.07. The maximum absolute atomic E-state index is 12.4. The van der Waals surface area contributed by atoms with E-state index in [1.165, 1.54) is 10.4 Å². The minimum atomic E-state index is -3.53. The molecule has 0 saturated heterocycles. The average Bonchev–Trinajstić information content (AvgIpc) is 2.39. The predicted molar refractivity (Wildman–Crippen MR) is 76.4 cm³/mol. The molecular weight excluding hydrogens is 264 g/mol. The van der Waals surface area contributed by atoms with Crippen molar-refractivity contribution in [2.75, 3.05) is 25.4 Å². The zero-order valence-corrected chi connectivity index (χ0v) is 12.3. The van der Waals surface area contributed by atoms with Crippen LogP contribution in [0.1, 0.15) is 25.8 Å². The molecule has 0 heterocycles. The third kappa shape index (κ3) is 3.68. The van der Waals surface area contributed by atoms with Crippen molar-refractivity contribution in [2.24, 2.45) is 0 Å². The Morgan fingerprint density at radius 1 is 1.32 bits per heavy atom. The molecule has 3 N–H and O–H groups in total. The van der Waals surface area contributed by atoms with Gasteiger partial charge in [0.2, 0.25) is 10.0 Å². The van der Waals surface area contributed by atoms with E-state index in [2.05, 4.69) is 0 Å². The lowest BCUT2D eigenvalue weighted by Crippen LogP contribution is -2.32. The first kappa shape index (κ1) is 15.9. The van der Waals surface area contributed by atoms with Gasteiger partial charge < -0.3 is 10.8 Å². The van der Waals surface area contributed by atoms with Gasteiger partial charge in [-0.05, 0) is 30.5 Å². The number of aliphatic hydroxyl groups excluding tert-OH is 1. The first-order valence-corrected chi connectivity index (χ1v) is 7.90. The Hall–Kier alpha value is -1.11. The van der Waals surface area contributed by atoms with E-state index in [1.807, 2.05) is 6.92 Å². The predicted octanol–water partition coefficient (Wildman–Crippen LogP) is 1.22. The number of hydrogen-bond donors (Lipinski definition) is 2. The molecule has 0 spiro atoms. The van der Waals surface area contributed by atoms with Crippen molar-refractivity contribution in [1.29, 1.82) is 0 Å². The number of rotatable bonds is 7. The number of sulfonamides is 1. The number of aliphatic hydroxyl groups is 1. The molecule has 1 aromatic rings. The lowest BCUT2D eigenvalue weighted by Gasteiger charge is -2.20. The molecule has 0 fully saturated rings. The maximum atomic E-state index is 12.4. The number of hydrogen-bond acceptors (Lipinski definition) is 4. The van der Waals surface area contributed by atoms with Crippen molar-refractivity contribution < 1.29 is 13.5 Å². The smallest absolute Gasteiger partial charge is 0.243 e. The first-order chi connectivity index (χ1) is 8.97. The average molecular weight is 286 g/mol.